The van der Waals surface area contributed by atoms with Gasteiger partial charge in [-0.05, 0) is 0 Å². The van der Waals surface area contributed by atoms with Gasteiger partial charge in [-0.1, -0.05) is 0 Å². The molecule has 0 amide bonds. The molecule has 0 atom stereocenters. The van der Waals surface area contributed by atoms with Crippen LogP contribution in [0, 0.1) is 0 Å². The summed E-state index contributed by atoms with van der Waals surface area (Å²) >= 11 is 0.269. The Bertz CT molecular complexity index is 814. The van der Waals surface area contributed by atoms with Crippen LogP contribution in [0.5, 0.6) is 0 Å². The Morgan fingerprint density at radius 2 is 0.538 bits per heavy atom. The second-order valence-electron chi connectivity index (χ2n) is 6.35. The summed E-state index contributed by atoms with van der Waals surface area (Å²) in [6, 6.07) is 43.9. The molecule has 0 aromatic heterocycles. The molecule has 0 saturated carbocycles. The van der Waals surface area contributed by atoms with Gasteiger partial charge in [-0.25, -0.2) is 0 Å². The summed E-state index contributed by atoms with van der Waals surface area (Å²) in [7, 11) is 0. The van der Waals surface area contributed by atoms with Crippen LogP contribution >= 0.6 is 12.2 Å². The molecule has 4 aromatic carbocycles. The first-order valence-corrected chi connectivity index (χ1v) is 23.2. The molecule has 0 unspecified atom stereocenters. The first kappa shape index (κ1) is 17.6. The number of hydrogen-bond acceptors (Lipinski definition) is 0. The number of rotatable bonds is 4. The van der Waals surface area contributed by atoms with Gasteiger partial charge in [0.15, 0.2) is 0 Å². The second-order valence-corrected chi connectivity index (χ2v) is 34.7. The van der Waals surface area contributed by atoms with E-state index in [1.807, 2.05) is 0 Å². The van der Waals surface area contributed by atoms with Gasteiger partial charge >= 0.3 is 163 Å². The molecule has 26 heavy (non-hydrogen) atoms. The minimum atomic E-state index is -4.27. The first-order valence-electron chi connectivity index (χ1n) is 8.71. The molecule has 0 aliphatic rings. The second kappa shape index (κ2) is 7.10. The molecule has 0 saturated heterocycles. The van der Waals surface area contributed by atoms with Crippen LogP contribution in [-0.2, 0) is 0 Å². The van der Waals surface area contributed by atoms with E-state index in [2.05, 4.69) is 134 Å². The molecule has 0 aliphatic carbocycles. The van der Waals surface area contributed by atoms with Crippen LogP contribution < -0.4 is 13.1 Å². The summed E-state index contributed by atoms with van der Waals surface area (Å²) < 4.78 is 5.56. The third-order valence-corrected chi connectivity index (χ3v) is 39.1. The predicted molar refractivity (Wildman–Crippen MR) is 119 cm³/mol. The topological polar surface area (TPSA) is 0 Å². The fraction of sp³-hybridized carbons (Fsp3) is 0. The summed E-state index contributed by atoms with van der Waals surface area (Å²) in [5.74, 6) is 0. The number of hydrogen-bond donors (Lipinski definition) is 0. The van der Waals surface area contributed by atoms with E-state index >= 15 is 0 Å². The molecule has 0 nitrogen and oxygen atoms in total. The zero-order valence-corrected chi connectivity index (χ0v) is 19.4. The SMILES string of the molecule is [Br][Bi]([c]1ccccc1)([c]1ccccc1)([c]1ccccc1)[c]1ccccc1. The standard InChI is InChI=1S/4C6H5.Bi.BrH/c4*1-2-4-6-5-3-1;;/h4*1-5H;;1H/q;;;;+1;/p-1. The van der Waals surface area contributed by atoms with Crippen molar-refractivity contribution in [3.05, 3.63) is 121 Å². The van der Waals surface area contributed by atoms with Gasteiger partial charge in [-0.2, -0.15) is 0 Å². The minimum absolute atomic E-state index is 1.39. The Balaban J connectivity index is 2.23. The molecule has 0 fully saturated rings. The van der Waals surface area contributed by atoms with E-state index in [1.165, 1.54) is 13.1 Å². The molecule has 0 radical (unpaired) electrons. The molecular weight excluding hydrogens is 577 g/mol. The third kappa shape index (κ3) is 2.59. The van der Waals surface area contributed by atoms with Gasteiger partial charge in [0, 0.05) is 0 Å². The van der Waals surface area contributed by atoms with Gasteiger partial charge in [-0.15, -0.1) is 0 Å². The zero-order chi connectivity index (χ0) is 17.9. The van der Waals surface area contributed by atoms with Crippen LogP contribution in [0.4, 0.5) is 0 Å². The van der Waals surface area contributed by atoms with Crippen LogP contribution in [0.3, 0.4) is 0 Å². The van der Waals surface area contributed by atoms with Crippen molar-refractivity contribution in [3.8, 4) is 0 Å². The van der Waals surface area contributed by atoms with E-state index in [9.17, 15) is 0 Å². The van der Waals surface area contributed by atoms with Crippen LogP contribution in [-0.4, -0.2) is 16.4 Å². The van der Waals surface area contributed by atoms with Crippen molar-refractivity contribution in [2.24, 2.45) is 0 Å². The molecule has 0 spiro atoms. The monoisotopic (exact) mass is 596 g/mol. The normalized spacial score (nSPS) is 12.9. The van der Waals surface area contributed by atoms with Gasteiger partial charge in [-0.3, -0.25) is 0 Å². The number of halogens is 1. The third-order valence-electron chi connectivity index (χ3n) is 4.96. The Morgan fingerprint density at radius 1 is 0.346 bits per heavy atom. The fourth-order valence-corrected chi connectivity index (χ4v) is 30.4. The van der Waals surface area contributed by atoms with Crippen molar-refractivity contribution in [3.63, 3.8) is 0 Å². The summed E-state index contributed by atoms with van der Waals surface area (Å²) in [6.07, 6.45) is 0. The van der Waals surface area contributed by atoms with E-state index in [4.69, 9.17) is 0 Å². The molecule has 4 rings (SSSR count). The predicted octanol–water partition coefficient (Wildman–Crippen LogP) is 3.91. The Morgan fingerprint density at radius 3 is 0.731 bits per heavy atom. The molecule has 0 N–H and O–H groups in total. The molecule has 0 aliphatic heterocycles. The van der Waals surface area contributed by atoms with Crippen LogP contribution in [0.2, 0.25) is 0 Å². The van der Waals surface area contributed by atoms with Crippen LogP contribution in [0.25, 0.3) is 0 Å². The average Bonchev–Trinajstić information content (AvgIpc) is 2.76. The van der Waals surface area contributed by atoms with Gasteiger partial charge < -0.3 is 0 Å². The van der Waals surface area contributed by atoms with Crippen LogP contribution in [0.1, 0.15) is 0 Å². The molecule has 4 aromatic rings. The van der Waals surface area contributed by atoms with E-state index in [0.717, 1.165) is 0 Å². The quantitative estimate of drug-likeness (QED) is 0.314. The van der Waals surface area contributed by atoms with Crippen LogP contribution in [0.15, 0.2) is 121 Å². The summed E-state index contributed by atoms with van der Waals surface area (Å²) in [6.45, 7) is 0. The summed E-state index contributed by atoms with van der Waals surface area (Å²) in [5, 5.41) is 0. The molecule has 128 valence electrons. The Kier molecular flexibility index (Phi) is 4.82. The van der Waals surface area contributed by atoms with Crippen molar-refractivity contribution in [1.29, 1.82) is 0 Å². The number of benzene rings is 4. The van der Waals surface area contributed by atoms with Crippen molar-refractivity contribution < 1.29 is 0 Å². The van der Waals surface area contributed by atoms with Crippen molar-refractivity contribution >= 4 is 41.7 Å². The van der Waals surface area contributed by atoms with Crippen molar-refractivity contribution in [2.75, 3.05) is 0 Å². The van der Waals surface area contributed by atoms with Gasteiger partial charge in [0.2, 0.25) is 0 Å². The van der Waals surface area contributed by atoms with Gasteiger partial charge in [0.05, 0.1) is 0 Å². The first-order chi connectivity index (χ1) is 12.7. The molecule has 0 heterocycles. The molecular formula is C24H20BiBr. The Labute approximate surface area is 162 Å². The Hall–Kier alpha value is -1.76. The summed E-state index contributed by atoms with van der Waals surface area (Å²) in [4.78, 5) is 0. The van der Waals surface area contributed by atoms with E-state index in [-0.39, 0.29) is 0 Å². The van der Waals surface area contributed by atoms with E-state index < -0.39 is 16.4 Å². The maximum atomic E-state index is 4.54. The fourth-order valence-electron chi connectivity index (χ4n) is 3.73. The zero-order valence-electron chi connectivity index (χ0n) is 14.4. The molecule has 0 bridgehead atoms. The maximum absolute atomic E-state index is 4.54. The molecule has 2 heteroatoms. The van der Waals surface area contributed by atoms with Crippen molar-refractivity contribution in [2.45, 2.75) is 0 Å². The van der Waals surface area contributed by atoms with Gasteiger partial charge in [0.1, 0.15) is 0 Å². The van der Waals surface area contributed by atoms with E-state index in [0.29, 0.717) is 0 Å². The van der Waals surface area contributed by atoms with E-state index in [1.54, 1.807) is 0 Å². The summed E-state index contributed by atoms with van der Waals surface area (Å²) in [5.41, 5.74) is 0. The van der Waals surface area contributed by atoms with Gasteiger partial charge in [0.25, 0.3) is 0 Å². The average molecular weight is 597 g/mol. The van der Waals surface area contributed by atoms with Crippen molar-refractivity contribution in [1.82, 2.24) is 0 Å².